The molecule has 46 heavy (non-hydrogen) atoms. The number of ether oxygens (including phenoxy) is 1. The van der Waals surface area contributed by atoms with Gasteiger partial charge in [-0.1, -0.05) is 74.5 Å². The highest BCUT2D eigenvalue weighted by molar-refractivity contribution is 5.97. The van der Waals surface area contributed by atoms with Crippen LogP contribution in [0.2, 0.25) is 0 Å². The van der Waals surface area contributed by atoms with Gasteiger partial charge in [0, 0.05) is 6.42 Å². The molecule has 2 aromatic rings. The van der Waals surface area contributed by atoms with Crippen LogP contribution in [0, 0.1) is 5.92 Å². The molecule has 0 fully saturated rings. The first-order valence-corrected chi connectivity index (χ1v) is 14.6. The smallest absolute Gasteiger partial charge is 0.331 e. The Morgan fingerprint density at radius 1 is 0.696 bits per heavy atom. The number of carbonyl (C=O) groups is 6. The standard InChI is InChI=1S/C31H42N6O9/c1-18(2)26(37-29(43)23(14-25(33)40)34-27(41)21(32)15-38)30(44)35-22(13-19-9-5-3-6-10-19)28(42)36-24(16-39)31(45)46-17-20-11-7-4-8-12-20/h3-12,18,21-24,26,38-39H,13-17,32H2,1-2H3,(H2,33,40)(H,34,41)(H,35,44)(H,36,42)(H,37,43)/t21-,22-,23-,24-,26-/m0/s1. The highest BCUT2D eigenvalue weighted by Gasteiger charge is 2.34. The summed E-state index contributed by atoms with van der Waals surface area (Å²) in [6, 6.07) is 10.6. The van der Waals surface area contributed by atoms with Gasteiger partial charge in [-0.25, -0.2) is 4.79 Å². The highest BCUT2D eigenvalue weighted by atomic mass is 16.5. The van der Waals surface area contributed by atoms with Gasteiger partial charge < -0.3 is 47.7 Å². The number of rotatable bonds is 18. The predicted octanol–water partition coefficient (Wildman–Crippen LogP) is -2.24. The molecule has 250 valence electrons. The van der Waals surface area contributed by atoms with Crippen LogP contribution in [-0.4, -0.2) is 89.1 Å². The van der Waals surface area contributed by atoms with Gasteiger partial charge in [0.2, 0.25) is 29.5 Å². The fraction of sp³-hybridized carbons (Fsp3) is 0.419. The van der Waals surface area contributed by atoms with Crippen molar-refractivity contribution in [3.05, 3.63) is 71.8 Å². The number of nitrogens with two attached hydrogens (primary N) is 2. The van der Waals surface area contributed by atoms with Crippen molar-refractivity contribution in [2.45, 2.75) is 63.5 Å². The summed E-state index contributed by atoms with van der Waals surface area (Å²) < 4.78 is 5.24. The van der Waals surface area contributed by atoms with Crippen molar-refractivity contribution in [3.8, 4) is 0 Å². The lowest BCUT2D eigenvalue weighted by atomic mass is 10.00. The van der Waals surface area contributed by atoms with Crippen LogP contribution in [0.3, 0.4) is 0 Å². The molecule has 0 radical (unpaired) electrons. The van der Waals surface area contributed by atoms with Crippen LogP contribution >= 0.6 is 0 Å². The molecule has 2 rings (SSSR count). The third kappa shape index (κ3) is 12.3. The van der Waals surface area contributed by atoms with E-state index in [0.717, 1.165) is 0 Å². The van der Waals surface area contributed by atoms with E-state index in [0.29, 0.717) is 11.1 Å². The van der Waals surface area contributed by atoms with Gasteiger partial charge in [-0.3, -0.25) is 24.0 Å². The normalized spacial score (nSPS) is 14.1. The van der Waals surface area contributed by atoms with Crippen LogP contribution in [-0.2, 0) is 46.5 Å². The SMILES string of the molecule is CC(C)[C@H](NC(=O)[C@H](CC(N)=O)NC(=O)[C@@H](N)CO)C(=O)N[C@@H](Cc1ccccc1)C(=O)N[C@@H](CO)C(=O)OCc1ccccc1. The quantitative estimate of drug-likeness (QED) is 0.0811. The van der Waals surface area contributed by atoms with E-state index in [-0.39, 0.29) is 13.0 Å². The molecule has 10 N–H and O–H groups in total. The summed E-state index contributed by atoms with van der Waals surface area (Å²) in [7, 11) is 0. The minimum atomic E-state index is -1.51. The van der Waals surface area contributed by atoms with Gasteiger partial charge in [-0.2, -0.15) is 0 Å². The van der Waals surface area contributed by atoms with Crippen molar-refractivity contribution in [2.75, 3.05) is 13.2 Å². The molecule has 0 aliphatic carbocycles. The molecule has 15 nitrogen and oxygen atoms in total. The number of nitrogens with one attached hydrogen (secondary N) is 4. The fourth-order valence-electron chi connectivity index (χ4n) is 4.16. The van der Waals surface area contributed by atoms with Crippen LogP contribution < -0.4 is 32.7 Å². The van der Waals surface area contributed by atoms with E-state index < -0.39 is 91.3 Å². The van der Waals surface area contributed by atoms with Crippen molar-refractivity contribution in [1.29, 1.82) is 0 Å². The Hall–Kier alpha value is -4.86. The Kier molecular flexibility index (Phi) is 15.3. The van der Waals surface area contributed by atoms with E-state index in [1.54, 1.807) is 74.5 Å². The zero-order valence-electron chi connectivity index (χ0n) is 25.7. The lowest BCUT2D eigenvalue weighted by molar-refractivity contribution is -0.150. The molecule has 0 aromatic heterocycles. The minimum absolute atomic E-state index is 0.0200. The van der Waals surface area contributed by atoms with E-state index >= 15 is 0 Å². The fourth-order valence-corrected chi connectivity index (χ4v) is 4.16. The third-order valence-electron chi connectivity index (χ3n) is 6.74. The first kappa shape index (κ1) is 37.3. The monoisotopic (exact) mass is 642 g/mol. The summed E-state index contributed by atoms with van der Waals surface area (Å²) >= 11 is 0. The molecule has 0 bridgehead atoms. The molecule has 2 aromatic carbocycles. The predicted molar refractivity (Wildman–Crippen MR) is 165 cm³/mol. The van der Waals surface area contributed by atoms with Crippen molar-refractivity contribution in [2.24, 2.45) is 17.4 Å². The molecule has 0 unspecified atom stereocenters. The van der Waals surface area contributed by atoms with Gasteiger partial charge in [0.25, 0.3) is 0 Å². The number of carbonyl (C=O) groups excluding carboxylic acids is 6. The molecule has 0 saturated carbocycles. The summed E-state index contributed by atoms with van der Waals surface area (Å²) in [5.41, 5.74) is 12.1. The van der Waals surface area contributed by atoms with Crippen LogP contribution in [0.25, 0.3) is 0 Å². The summed E-state index contributed by atoms with van der Waals surface area (Å²) in [4.78, 5) is 76.5. The van der Waals surface area contributed by atoms with Crippen LogP contribution in [0.4, 0.5) is 0 Å². The number of primary amides is 1. The maximum Gasteiger partial charge on any atom is 0.331 e. The highest BCUT2D eigenvalue weighted by Crippen LogP contribution is 2.09. The van der Waals surface area contributed by atoms with Crippen molar-refractivity contribution in [1.82, 2.24) is 21.3 Å². The molecule has 0 heterocycles. The number of benzene rings is 2. The zero-order chi connectivity index (χ0) is 34.2. The van der Waals surface area contributed by atoms with Gasteiger partial charge >= 0.3 is 5.97 Å². The summed E-state index contributed by atoms with van der Waals surface area (Å²) in [5, 5.41) is 28.7. The van der Waals surface area contributed by atoms with Gasteiger partial charge in [0.1, 0.15) is 30.8 Å². The first-order chi connectivity index (χ1) is 21.9. The van der Waals surface area contributed by atoms with E-state index in [9.17, 15) is 33.9 Å². The second-order valence-electron chi connectivity index (χ2n) is 10.8. The molecule has 0 aliphatic heterocycles. The van der Waals surface area contributed by atoms with E-state index in [4.69, 9.17) is 21.3 Å². The Bertz CT molecular complexity index is 1330. The lowest BCUT2D eigenvalue weighted by Gasteiger charge is -2.28. The topological polar surface area (TPSA) is 252 Å². The number of aliphatic hydroxyl groups excluding tert-OH is 2. The van der Waals surface area contributed by atoms with Crippen molar-refractivity contribution in [3.63, 3.8) is 0 Å². The Balaban J connectivity index is 2.22. The van der Waals surface area contributed by atoms with E-state index in [1.165, 1.54) is 0 Å². The van der Waals surface area contributed by atoms with Crippen LogP contribution in [0.15, 0.2) is 60.7 Å². The van der Waals surface area contributed by atoms with Crippen molar-refractivity contribution >= 4 is 35.5 Å². The first-order valence-electron chi connectivity index (χ1n) is 14.6. The van der Waals surface area contributed by atoms with E-state index in [1.807, 2.05) is 0 Å². The second-order valence-corrected chi connectivity index (χ2v) is 10.8. The summed E-state index contributed by atoms with van der Waals surface area (Å²) in [6.07, 6.45) is -0.641. The molecule has 0 spiro atoms. The Morgan fingerprint density at radius 2 is 1.22 bits per heavy atom. The number of amides is 5. The van der Waals surface area contributed by atoms with Crippen molar-refractivity contribution < 1.29 is 43.7 Å². The molecule has 5 amide bonds. The molecular formula is C31H42N6O9. The van der Waals surface area contributed by atoms with Crippen LogP contribution in [0.1, 0.15) is 31.4 Å². The second kappa shape index (κ2) is 18.8. The largest absolute Gasteiger partial charge is 0.459 e. The van der Waals surface area contributed by atoms with Gasteiger partial charge in [-0.15, -0.1) is 0 Å². The maximum atomic E-state index is 13.5. The van der Waals surface area contributed by atoms with Crippen LogP contribution in [0.5, 0.6) is 0 Å². The molecule has 0 saturated heterocycles. The van der Waals surface area contributed by atoms with Gasteiger partial charge in [0.15, 0.2) is 6.04 Å². The molecule has 0 aliphatic rings. The summed E-state index contributed by atoms with van der Waals surface area (Å²) in [5.74, 6) is -5.82. The average Bonchev–Trinajstić information content (AvgIpc) is 3.04. The number of hydrogen-bond acceptors (Lipinski definition) is 10. The average molecular weight is 643 g/mol. The maximum absolute atomic E-state index is 13.5. The minimum Gasteiger partial charge on any atom is -0.459 e. The number of hydrogen-bond donors (Lipinski definition) is 8. The summed E-state index contributed by atoms with van der Waals surface area (Å²) in [6.45, 7) is 1.65. The van der Waals surface area contributed by atoms with Gasteiger partial charge in [0.05, 0.1) is 19.6 Å². The number of esters is 1. The third-order valence-corrected chi connectivity index (χ3v) is 6.74. The van der Waals surface area contributed by atoms with E-state index in [2.05, 4.69) is 21.3 Å². The molecule has 15 heteroatoms. The Morgan fingerprint density at radius 3 is 1.74 bits per heavy atom. The Labute approximate surface area is 266 Å². The zero-order valence-corrected chi connectivity index (χ0v) is 25.7. The molecule has 5 atom stereocenters. The van der Waals surface area contributed by atoms with Gasteiger partial charge in [-0.05, 0) is 17.0 Å². The number of aliphatic hydroxyl groups is 2. The molecular weight excluding hydrogens is 600 g/mol. The lowest BCUT2D eigenvalue weighted by Crippen LogP contribution is -2.60.